The summed E-state index contributed by atoms with van der Waals surface area (Å²) in [5, 5.41) is 4.87. The molecule has 0 radical (unpaired) electrons. The van der Waals surface area contributed by atoms with Crippen molar-refractivity contribution in [3.05, 3.63) is 80.3 Å². The molecule has 1 saturated heterocycles. The lowest BCUT2D eigenvalue weighted by Gasteiger charge is -2.23. The molecule has 3 heterocycles. The van der Waals surface area contributed by atoms with Crippen molar-refractivity contribution >= 4 is 29.1 Å². The first-order valence-corrected chi connectivity index (χ1v) is 12.1. The fraction of sp³-hybridized carbons (Fsp3) is 0.346. The van der Waals surface area contributed by atoms with Crippen molar-refractivity contribution < 1.29 is 14.4 Å². The number of hydrogen-bond donors (Lipinski definition) is 1. The van der Waals surface area contributed by atoms with Crippen molar-refractivity contribution in [2.24, 2.45) is 0 Å². The van der Waals surface area contributed by atoms with Crippen molar-refractivity contribution in [2.45, 2.75) is 52.1 Å². The molecule has 1 aliphatic carbocycles. The van der Waals surface area contributed by atoms with Gasteiger partial charge in [0.1, 0.15) is 5.54 Å². The maximum absolute atomic E-state index is 13.4. The van der Waals surface area contributed by atoms with Gasteiger partial charge in [0, 0.05) is 21.8 Å². The van der Waals surface area contributed by atoms with E-state index < -0.39 is 11.6 Å². The van der Waals surface area contributed by atoms with Crippen LogP contribution < -0.4 is 5.32 Å². The Morgan fingerprint density at radius 2 is 1.91 bits per heavy atom. The number of thiophene rings is 1. The van der Waals surface area contributed by atoms with E-state index in [2.05, 4.69) is 22.0 Å². The zero-order valence-corrected chi connectivity index (χ0v) is 19.9. The van der Waals surface area contributed by atoms with Crippen LogP contribution in [0.5, 0.6) is 0 Å². The molecule has 7 heteroatoms. The van der Waals surface area contributed by atoms with E-state index in [4.69, 9.17) is 0 Å². The van der Waals surface area contributed by atoms with E-state index in [0.29, 0.717) is 12.1 Å². The van der Waals surface area contributed by atoms with Gasteiger partial charge < -0.3 is 9.88 Å². The number of carbonyl (C=O) groups excluding carboxylic acids is 3. The molecule has 1 N–H and O–H groups in total. The van der Waals surface area contributed by atoms with E-state index in [-0.39, 0.29) is 18.2 Å². The molecule has 0 bridgehead atoms. The lowest BCUT2D eigenvalue weighted by atomic mass is 9.89. The lowest BCUT2D eigenvalue weighted by Crippen LogP contribution is -2.41. The van der Waals surface area contributed by atoms with Crippen LogP contribution in [-0.4, -0.2) is 33.7 Å². The Hall–Kier alpha value is -3.19. The van der Waals surface area contributed by atoms with E-state index >= 15 is 0 Å². The summed E-state index contributed by atoms with van der Waals surface area (Å²) in [5.41, 5.74) is 4.53. The molecule has 1 aliphatic heterocycles. The SMILES string of the molecule is Cc1cc(C(=O)CN2C(=O)N[C@](C)(c3ccc4c(c3)CCC4)C2=O)c(C)n1Cc1cccs1. The number of fused-ring (bicyclic) bond motifs is 1. The summed E-state index contributed by atoms with van der Waals surface area (Å²) >= 11 is 1.67. The fourth-order valence-electron chi connectivity index (χ4n) is 5.03. The lowest BCUT2D eigenvalue weighted by molar-refractivity contribution is -0.130. The first kappa shape index (κ1) is 21.6. The van der Waals surface area contributed by atoms with Crippen molar-refractivity contribution in [2.75, 3.05) is 6.54 Å². The summed E-state index contributed by atoms with van der Waals surface area (Å²) in [7, 11) is 0. The van der Waals surface area contributed by atoms with Gasteiger partial charge in [-0.3, -0.25) is 14.5 Å². The number of benzene rings is 1. The molecule has 170 valence electrons. The quantitative estimate of drug-likeness (QED) is 0.438. The monoisotopic (exact) mass is 461 g/mol. The number of aryl methyl sites for hydroxylation is 3. The number of carbonyl (C=O) groups is 3. The van der Waals surface area contributed by atoms with Gasteiger partial charge in [-0.05, 0) is 74.2 Å². The fourth-order valence-corrected chi connectivity index (χ4v) is 5.73. The highest BCUT2D eigenvalue weighted by Crippen LogP contribution is 2.33. The zero-order chi connectivity index (χ0) is 23.3. The Kier molecular flexibility index (Phi) is 5.24. The minimum atomic E-state index is -1.16. The number of amides is 3. The third-order valence-electron chi connectivity index (χ3n) is 7.02. The second kappa shape index (κ2) is 7.99. The zero-order valence-electron chi connectivity index (χ0n) is 19.1. The van der Waals surface area contributed by atoms with Gasteiger partial charge >= 0.3 is 6.03 Å². The third-order valence-corrected chi connectivity index (χ3v) is 7.88. The van der Waals surface area contributed by atoms with Crippen molar-refractivity contribution in [1.82, 2.24) is 14.8 Å². The van der Waals surface area contributed by atoms with Gasteiger partial charge in [0.25, 0.3) is 5.91 Å². The molecular formula is C26H27N3O3S. The number of rotatable bonds is 6. The summed E-state index contributed by atoms with van der Waals surface area (Å²) in [6, 6.07) is 11.4. The molecule has 6 nitrogen and oxygen atoms in total. The minimum Gasteiger partial charge on any atom is -0.343 e. The van der Waals surface area contributed by atoms with Crippen molar-refractivity contribution in [3.8, 4) is 0 Å². The van der Waals surface area contributed by atoms with Gasteiger partial charge in [-0.2, -0.15) is 0 Å². The molecule has 5 rings (SSSR count). The van der Waals surface area contributed by atoms with Crippen LogP contribution in [-0.2, 0) is 29.7 Å². The molecule has 0 unspecified atom stereocenters. The van der Waals surface area contributed by atoms with E-state index in [1.807, 2.05) is 43.5 Å². The number of imide groups is 1. The summed E-state index contributed by atoms with van der Waals surface area (Å²) in [5.74, 6) is -0.617. The van der Waals surface area contributed by atoms with Crippen LogP contribution >= 0.6 is 11.3 Å². The molecular weight excluding hydrogens is 434 g/mol. The van der Waals surface area contributed by atoms with Gasteiger partial charge in [0.15, 0.2) is 5.78 Å². The summed E-state index contributed by atoms with van der Waals surface area (Å²) in [6.45, 7) is 6.03. The largest absolute Gasteiger partial charge is 0.343 e. The predicted molar refractivity (Wildman–Crippen MR) is 128 cm³/mol. The highest BCUT2D eigenvalue weighted by Gasteiger charge is 2.49. The second-order valence-corrected chi connectivity index (χ2v) is 10.2. The van der Waals surface area contributed by atoms with Crippen LogP contribution in [0.2, 0.25) is 0 Å². The average molecular weight is 462 g/mol. The van der Waals surface area contributed by atoms with E-state index in [0.717, 1.165) is 41.1 Å². The second-order valence-electron chi connectivity index (χ2n) is 9.16. The minimum absolute atomic E-state index is 0.234. The highest BCUT2D eigenvalue weighted by molar-refractivity contribution is 7.09. The van der Waals surface area contributed by atoms with Gasteiger partial charge in [-0.1, -0.05) is 24.3 Å². The molecule has 2 aromatic heterocycles. The normalized spacial score (nSPS) is 19.8. The van der Waals surface area contributed by atoms with E-state index in [9.17, 15) is 14.4 Å². The van der Waals surface area contributed by atoms with Crippen LogP contribution in [0.3, 0.4) is 0 Å². The van der Waals surface area contributed by atoms with Gasteiger partial charge in [-0.25, -0.2) is 4.79 Å². The summed E-state index contributed by atoms with van der Waals surface area (Å²) < 4.78 is 2.10. The predicted octanol–water partition coefficient (Wildman–Crippen LogP) is 4.35. The Balaban J connectivity index is 1.37. The van der Waals surface area contributed by atoms with E-state index in [1.54, 1.807) is 18.3 Å². The number of nitrogens with one attached hydrogen (secondary N) is 1. The molecule has 3 aromatic rings. The topological polar surface area (TPSA) is 71.4 Å². The molecule has 33 heavy (non-hydrogen) atoms. The third kappa shape index (κ3) is 3.60. The number of ketones is 1. The number of nitrogens with zero attached hydrogens (tertiary/aromatic N) is 2. The Labute approximate surface area is 197 Å². The number of hydrogen-bond acceptors (Lipinski definition) is 4. The summed E-state index contributed by atoms with van der Waals surface area (Å²) in [6.07, 6.45) is 3.16. The highest BCUT2D eigenvalue weighted by atomic mass is 32.1. The van der Waals surface area contributed by atoms with Crippen molar-refractivity contribution in [3.63, 3.8) is 0 Å². The van der Waals surface area contributed by atoms with Crippen LogP contribution in [0.15, 0.2) is 41.8 Å². The van der Waals surface area contributed by atoms with Crippen LogP contribution in [0.4, 0.5) is 4.79 Å². The molecule has 0 saturated carbocycles. The van der Waals surface area contributed by atoms with Gasteiger partial charge in [0.2, 0.25) is 0 Å². The van der Waals surface area contributed by atoms with Crippen molar-refractivity contribution in [1.29, 1.82) is 0 Å². The molecule has 1 atom stereocenters. The first-order valence-electron chi connectivity index (χ1n) is 11.3. The first-order chi connectivity index (χ1) is 15.8. The average Bonchev–Trinajstić information content (AvgIpc) is 3.56. The van der Waals surface area contributed by atoms with Crippen LogP contribution in [0.1, 0.15) is 56.7 Å². The standard InChI is InChI=1S/C26H27N3O3S/c1-16-12-22(17(2)28(16)14-21-8-5-11-33-21)23(30)15-29-24(31)26(3,27-25(29)32)20-10-9-18-6-4-7-19(18)13-20/h5,8-13H,4,6-7,14-15H2,1-3H3,(H,27,32)/t26-/m1/s1. The maximum atomic E-state index is 13.4. The smallest absolute Gasteiger partial charge is 0.325 e. The number of Topliss-reactive ketones (excluding diaryl/α,β-unsaturated/α-hetero) is 1. The molecule has 1 aromatic carbocycles. The number of urea groups is 1. The Morgan fingerprint density at radius 3 is 2.67 bits per heavy atom. The number of aromatic nitrogens is 1. The van der Waals surface area contributed by atoms with Gasteiger partial charge in [-0.15, -0.1) is 11.3 Å². The van der Waals surface area contributed by atoms with Crippen LogP contribution in [0, 0.1) is 13.8 Å². The van der Waals surface area contributed by atoms with Gasteiger partial charge in [0.05, 0.1) is 13.1 Å². The Bertz CT molecular complexity index is 1270. The summed E-state index contributed by atoms with van der Waals surface area (Å²) in [4.78, 5) is 41.6. The molecule has 1 fully saturated rings. The molecule has 2 aliphatic rings. The Morgan fingerprint density at radius 1 is 1.12 bits per heavy atom. The molecule has 0 spiro atoms. The molecule has 3 amide bonds. The van der Waals surface area contributed by atoms with E-state index in [1.165, 1.54) is 16.0 Å². The van der Waals surface area contributed by atoms with Crippen LogP contribution in [0.25, 0.3) is 0 Å². The maximum Gasteiger partial charge on any atom is 0.325 e.